The van der Waals surface area contributed by atoms with Crippen molar-refractivity contribution in [3.05, 3.63) is 23.8 Å². The molecule has 0 aliphatic carbocycles. The summed E-state index contributed by atoms with van der Waals surface area (Å²) in [6, 6.07) is 4.93. The molecule has 1 aliphatic heterocycles. The van der Waals surface area contributed by atoms with Crippen molar-refractivity contribution in [3.63, 3.8) is 0 Å². The molecule has 2 rings (SSSR count). The van der Waals surface area contributed by atoms with E-state index >= 15 is 0 Å². The Hall–Kier alpha value is -1.44. The average Bonchev–Trinajstić information content (AvgIpc) is 2.50. The third kappa shape index (κ3) is 4.28. The molecule has 0 aromatic heterocycles. The van der Waals surface area contributed by atoms with Gasteiger partial charge in [0.15, 0.2) is 0 Å². The van der Waals surface area contributed by atoms with Crippen molar-refractivity contribution >= 4 is 21.6 Å². The fourth-order valence-corrected chi connectivity index (χ4v) is 3.63. The number of amides is 1. The summed E-state index contributed by atoms with van der Waals surface area (Å²) in [7, 11) is -2.15. The first-order valence-electron chi connectivity index (χ1n) is 7.47. The van der Waals surface area contributed by atoms with Crippen LogP contribution in [-0.4, -0.2) is 34.5 Å². The van der Waals surface area contributed by atoms with Gasteiger partial charge in [0.25, 0.3) is 0 Å². The molecule has 0 atom stereocenters. The lowest BCUT2D eigenvalue weighted by atomic mass is 9.94. The van der Waals surface area contributed by atoms with Gasteiger partial charge in [0, 0.05) is 12.1 Å². The summed E-state index contributed by atoms with van der Waals surface area (Å²) < 4.78 is 26.2. The number of benzene rings is 1. The predicted octanol–water partition coefficient (Wildman–Crippen LogP) is 1.23. The van der Waals surface area contributed by atoms with Crippen LogP contribution >= 0.6 is 0 Å². The third-order valence-corrected chi connectivity index (χ3v) is 5.52. The molecule has 0 radical (unpaired) electrons. The molecule has 1 aliphatic rings. The molecule has 1 amide bonds. The van der Waals surface area contributed by atoms with Crippen molar-refractivity contribution < 1.29 is 13.2 Å². The number of carbonyl (C=O) groups is 1. The number of piperidine rings is 1. The van der Waals surface area contributed by atoms with Crippen molar-refractivity contribution in [2.24, 2.45) is 5.92 Å². The Morgan fingerprint density at radius 3 is 2.64 bits per heavy atom. The van der Waals surface area contributed by atoms with Crippen LogP contribution in [0.25, 0.3) is 0 Å². The number of aryl methyl sites for hydroxylation is 1. The molecule has 0 saturated carbocycles. The summed E-state index contributed by atoms with van der Waals surface area (Å²) in [5.41, 5.74) is 1.16. The molecular formula is C15H23N3O3S. The number of sulfonamides is 1. The molecule has 22 heavy (non-hydrogen) atoms. The average molecular weight is 325 g/mol. The molecule has 0 bridgehead atoms. The molecule has 0 spiro atoms. The van der Waals surface area contributed by atoms with Gasteiger partial charge in [0.1, 0.15) is 0 Å². The maximum atomic E-state index is 12.1. The maximum absolute atomic E-state index is 12.1. The lowest BCUT2D eigenvalue weighted by Crippen LogP contribution is -2.30. The summed E-state index contributed by atoms with van der Waals surface area (Å²) in [6.07, 6.45) is 2.48. The minimum absolute atomic E-state index is 0.0661. The first-order chi connectivity index (χ1) is 10.4. The van der Waals surface area contributed by atoms with Crippen molar-refractivity contribution in [2.45, 2.75) is 31.1 Å². The van der Waals surface area contributed by atoms with Crippen molar-refractivity contribution in [2.75, 3.05) is 25.5 Å². The smallest absolute Gasteiger partial charge is 0.240 e. The van der Waals surface area contributed by atoms with Crippen LogP contribution in [0.3, 0.4) is 0 Å². The fourth-order valence-electron chi connectivity index (χ4n) is 2.64. The van der Waals surface area contributed by atoms with Crippen molar-refractivity contribution in [3.8, 4) is 0 Å². The standard InChI is InChI=1S/C15H23N3O3S/c1-11-3-4-13(10-14(11)22(20,21)16-2)18-15(19)9-12-5-7-17-8-6-12/h3-4,10,12,16-17H,5-9H2,1-2H3,(H,18,19). The summed E-state index contributed by atoms with van der Waals surface area (Å²) in [5.74, 6) is 0.329. The van der Waals surface area contributed by atoms with Gasteiger partial charge < -0.3 is 10.6 Å². The number of hydrogen-bond acceptors (Lipinski definition) is 4. The highest BCUT2D eigenvalue weighted by molar-refractivity contribution is 7.89. The molecule has 3 N–H and O–H groups in total. The van der Waals surface area contributed by atoms with Crippen molar-refractivity contribution in [1.82, 2.24) is 10.0 Å². The summed E-state index contributed by atoms with van der Waals surface area (Å²) in [5, 5.41) is 6.07. The van der Waals surface area contributed by atoms with Crippen molar-refractivity contribution in [1.29, 1.82) is 0 Å². The minimum Gasteiger partial charge on any atom is -0.326 e. The molecule has 7 heteroatoms. The largest absolute Gasteiger partial charge is 0.326 e. The Balaban J connectivity index is 2.06. The van der Waals surface area contributed by atoms with Gasteiger partial charge in [-0.3, -0.25) is 4.79 Å². The number of nitrogens with one attached hydrogen (secondary N) is 3. The summed E-state index contributed by atoms with van der Waals surface area (Å²) in [6.45, 7) is 3.63. The van der Waals surface area contributed by atoms with E-state index in [1.807, 2.05) is 0 Å². The topological polar surface area (TPSA) is 87.3 Å². The maximum Gasteiger partial charge on any atom is 0.240 e. The fraction of sp³-hybridized carbons (Fsp3) is 0.533. The highest BCUT2D eigenvalue weighted by Crippen LogP contribution is 2.21. The van der Waals surface area contributed by atoms with Gasteiger partial charge in [-0.2, -0.15) is 0 Å². The second-order valence-corrected chi connectivity index (χ2v) is 7.49. The molecule has 1 saturated heterocycles. The van der Waals surface area contributed by atoms with Gasteiger partial charge in [-0.15, -0.1) is 0 Å². The molecule has 1 aromatic carbocycles. The Labute approximate surface area is 131 Å². The molecule has 1 heterocycles. The second-order valence-electron chi connectivity index (χ2n) is 5.63. The zero-order valence-electron chi connectivity index (χ0n) is 13.0. The Morgan fingerprint density at radius 1 is 1.32 bits per heavy atom. The first kappa shape index (κ1) is 16.9. The monoisotopic (exact) mass is 325 g/mol. The normalized spacial score (nSPS) is 16.5. The lowest BCUT2D eigenvalue weighted by molar-refractivity contribution is -0.117. The van der Waals surface area contributed by atoms with Crippen LogP contribution < -0.4 is 15.4 Å². The first-order valence-corrected chi connectivity index (χ1v) is 8.95. The highest BCUT2D eigenvalue weighted by atomic mass is 32.2. The van der Waals surface area contributed by atoms with E-state index in [1.54, 1.807) is 19.1 Å². The Morgan fingerprint density at radius 2 is 2.00 bits per heavy atom. The van der Waals surface area contributed by atoms with Crippen LogP contribution in [0.5, 0.6) is 0 Å². The van der Waals surface area contributed by atoms with E-state index in [0.717, 1.165) is 25.9 Å². The van der Waals surface area contributed by atoms with E-state index in [0.29, 0.717) is 23.6 Å². The number of hydrogen-bond donors (Lipinski definition) is 3. The van der Waals surface area contributed by atoms with Gasteiger partial charge in [-0.25, -0.2) is 13.1 Å². The van der Waals surface area contributed by atoms with Crippen LogP contribution in [0.4, 0.5) is 5.69 Å². The number of anilines is 1. The molecule has 0 unspecified atom stereocenters. The Bertz CT molecular complexity index is 637. The zero-order chi connectivity index (χ0) is 16.2. The zero-order valence-corrected chi connectivity index (χ0v) is 13.8. The van der Waals surface area contributed by atoms with E-state index in [-0.39, 0.29) is 10.8 Å². The van der Waals surface area contributed by atoms with E-state index in [2.05, 4.69) is 15.4 Å². The van der Waals surface area contributed by atoms with Crippen LogP contribution in [0.1, 0.15) is 24.8 Å². The summed E-state index contributed by atoms with van der Waals surface area (Å²) >= 11 is 0. The minimum atomic E-state index is -3.52. The molecule has 1 aromatic rings. The second kappa shape index (κ2) is 7.21. The van der Waals surface area contributed by atoms with Crippen LogP contribution in [-0.2, 0) is 14.8 Å². The third-order valence-electron chi connectivity index (χ3n) is 3.96. The molecular weight excluding hydrogens is 302 g/mol. The van der Waals surface area contributed by atoms with Gasteiger partial charge in [-0.1, -0.05) is 6.07 Å². The quantitative estimate of drug-likeness (QED) is 0.760. The van der Waals surface area contributed by atoms with E-state index < -0.39 is 10.0 Å². The predicted molar refractivity (Wildman–Crippen MR) is 86.3 cm³/mol. The SMILES string of the molecule is CNS(=O)(=O)c1cc(NC(=O)CC2CCNCC2)ccc1C. The van der Waals surface area contributed by atoms with Gasteiger partial charge in [0.05, 0.1) is 4.90 Å². The van der Waals surface area contributed by atoms with Gasteiger partial charge in [0.2, 0.25) is 15.9 Å². The van der Waals surface area contributed by atoms with Gasteiger partial charge >= 0.3 is 0 Å². The van der Waals surface area contributed by atoms with Crippen LogP contribution in [0.2, 0.25) is 0 Å². The molecule has 6 nitrogen and oxygen atoms in total. The highest BCUT2D eigenvalue weighted by Gasteiger charge is 2.18. The van der Waals surface area contributed by atoms with E-state index in [1.165, 1.54) is 13.1 Å². The summed E-state index contributed by atoms with van der Waals surface area (Å²) in [4.78, 5) is 12.3. The van der Waals surface area contributed by atoms with Crippen LogP contribution in [0, 0.1) is 12.8 Å². The Kier molecular flexibility index (Phi) is 5.55. The van der Waals surface area contributed by atoms with E-state index in [4.69, 9.17) is 0 Å². The van der Waals surface area contributed by atoms with Gasteiger partial charge in [-0.05, 0) is 63.5 Å². The lowest BCUT2D eigenvalue weighted by Gasteiger charge is -2.22. The number of carbonyl (C=O) groups excluding carboxylic acids is 1. The molecule has 1 fully saturated rings. The van der Waals surface area contributed by atoms with E-state index in [9.17, 15) is 13.2 Å². The number of rotatable bonds is 5. The molecule has 122 valence electrons. The van der Waals surface area contributed by atoms with Crippen LogP contribution in [0.15, 0.2) is 23.1 Å².